The first-order valence-electron chi connectivity index (χ1n) is 10.4. The van der Waals surface area contributed by atoms with Crippen molar-refractivity contribution in [3.05, 3.63) is 96.2 Å². The Morgan fingerprint density at radius 1 is 0.774 bits per heavy atom. The topological polar surface area (TPSA) is 49.9 Å². The van der Waals surface area contributed by atoms with Crippen molar-refractivity contribution in [1.82, 2.24) is 0 Å². The number of amides is 2. The lowest BCUT2D eigenvalue weighted by Gasteiger charge is -2.25. The molecule has 0 bridgehead atoms. The number of rotatable bonds is 7. The Hall–Kier alpha value is -3.86. The fourth-order valence-electron chi connectivity index (χ4n) is 3.85. The molecule has 0 saturated carbocycles. The number of carbonyl (C=O) groups is 2. The molecule has 0 unspecified atom stereocenters. The van der Waals surface area contributed by atoms with E-state index in [4.69, 9.17) is 4.74 Å². The molecule has 3 aromatic rings. The molecular weight excluding hydrogens is 388 g/mol. The van der Waals surface area contributed by atoms with Crippen molar-refractivity contribution >= 4 is 28.8 Å². The van der Waals surface area contributed by atoms with Crippen LogP contribution in [0, 0.1) is 0 Å². The Labute approximate surface area is 182 Å². The van der Waals surface area contributed by atoms with Crippen LogP contribution in [0.4, 0.5) is 11.4 Å². The molecule has 5 heteroatoms. The van der Waals surface area contributed by atoms with Crippen LogP contribution in [0.1, 0.15) is 19.4 Å². The number of hydrogen-bond donors (Lipinski definition) is 0. The number of benzene rings is 3. The van der Waals surface area contributed by atoms with Crippen LogP contribution in [0.3, 0.4) is 0 Å². The van der Waals surface area contributed by atoms with Crippen molar-refractivity contribution in [2.24, 2.45) is 0 Å². The molecular formula is C26H24N2O3. The van der Waals surface area contributed by atoms with Gasteiger partial charge in [-0.3, -0.25) is 9.59 Å². The predicted molar refractivity (Wildman–Crippen MR) is 123 cm³/mol. The maximum Gasteiger partial charge on any atom is 0.282 e. The summed E-state index contributed by atoms with van der Waals surface area (Å²) in [5, 5.41) is 0. The number of hydrogen-bond acceptors (Lipinski definition) is 4. The first kappa shape index (κ1) is 20.4. The van der Waals surface area contributed by atoms with Gasteiger partial charge in [-0.15, -0.1) is 0 Å². The Morgan fingerprint density at radius 3 is 2.03 bits per heavy atom. The fourth-order valence-corrected chi connectivity index (χ4v) is 3.85. The van der Waals surface area contributed by atoms with Crippen LogP contribution < -0.4 is 14.5 Å². The highest BCUT2D eigenvalue weighted by Gasteiger charge is 2.43. The molecule has 0 atom stereocenters. The molecule has 0 fully saturated rings. The van der Waals surface area contributed by atoms with Crippen molar-refractivity contribution in [2.45, 2.75) is 13.8 Å². The highest BCUT2D eigenvalue weighted by molar-refractivity contribution is 6.46. The summed E-state index contributed by atoms with van der Waals surface area (Å²) >= 11 is 0. The van der Waals surface area contributed by atoms with Gasteiger partial charge in [0, 0.05) is 12.2 Å². The minimum atomic E-state index is -0.360. The van der Waals surface area contributed by atoms with Crippen LogP contribution in [-0.2, 0) is 9.59 Å². The van der Waals surface area contributed by atoms with E-state index in [1.807, 2.05) is 85.5 Å². The Morgan fingerprint density at radius 2 is 1.39 bits per heavy atom. The largest absolute Gasteiger partial charge is 0.492 e. The van der Waals surface area contributed by atoms with E-state index in [-0.39, 0.29) is 11.8 Å². The van der Waals surface area contributed by atoms with Crippen molar-refractivity contribution in [3.8, 4) is 5.75 Å². The molecule has 0 aromatic heterocycles. The molecule has 0 radical (unpaired) electrons. The summed E-state index contributed by atoms with van der Waals surface area (Å²) in [5.74, 6) is -0.211. The molecule has 1 aliphatic heterocycles. The summed E-state index contributed by atoms with van der Waals surface area (Å²) in [6, 6.07) is 26.1. The maximum atomic E-state index is 13.8. The summed E-state index contributed by atoms with van der Waals surface area (Å²) in [6.07, 6.45) is 0. The van der Waals surface area contributed by atoms with Crippen LogP contribution >= 0.6 is 0 Å². The van der Waals surface area contributed by atoms with Gasteiger partial charge >= 0.3 is 0 Å². The zero-order chi connectivity index (χ0) is 21.8. The van der Waals surface area contributed by atoms with Gasteiger partial charge in [-0.25, -0.2) is 4.90 Å². The number of carbonyl (C=O) groups excluding carboxylic acids is 2. The summed E-state index contributed by atoms with van der Waals surface area (Å²) < 4.78 is 5.72. The quantitative estimate of drug-likeness (QED) is 0.518. The normalized spacial score (nSPS) is 13.7. The van der Waals surface area contributed by atoms with Gasteiger partial charge in [-0.1, -0.05) is 60.7 Å². The molecule has 1 heterocycles. The van der Waals surface area contributed by atoms with Crippen molar-refractivity contribution in [1.29, 1.82) is 0 Å². The Kier molecular flexibility index (Phi) is 5.85. The summed E-state index contributed by atoms with van der Waals surface area (Å²) in [6.45, 7) is 4.81. The summed E-state index contributed by atoms with van der Waals surface area (Å²) in [4.78, 5) is 30.6. The van der Waals surface area contributed by atoms with Crippen molar-refractivity contribution in [3.63, 3.8) is 0 Å². The number of anilines is 2. The average molecular weight is 412 g/mol. The molecule has 156 valence electrons. The smallest absolute Gasteiger partial charge is 0.282 e. The molecule has 5 nitrogen and oxygen atoms in total. The third-order valence-corrected chi connectivity index (χ3v) is 5.18. The molecule has 0 spiro atoms. The lowest BCUT2D eigenvalue weighted by molar-refractivity contribution is -0.120. The average Bonchev–Trinajstić information content (AvgIpc) is 3.06. The van der Waals surface area contributed by atoms with E-state index in [9.17, 15) is 9.59 Å². The van der Waals surface area contributed by atoms with Gasteiger partial charge in [0.1, 0.15) is 11.4 Å². The molecule has 0 saturated heterocycles. The highest BCUT2D eigenvalue weighted by atomic mass is 16.5. The Balaban J connectivity index is 1.90. The number of nitrogens with zero attached hydrogens (tertiary/aromatic N) is 2. The third kappa shape index (κ3) is 3.70. The van der Waals surface area contributed by atoms with Crippen molar-refractivity contribution < 1.29 is 14.3 Å². The van der Waals surface area contributed by atoms with Gasteiger partial charge in [-0.05, 0) is 43.7 Å². The van der Waals surface area contributed by atoms with Gasteiger partial charge in [-0.2, -0.15) is 0 Å². The number of likely N-dealkylation sites (N-methyl/N-ethyl adjacent to an activating group) is 1. The maximum absolute atomic E-state index is 13.8. The SMILES string of the molecule is CCOc1ccccc1N1C(=O)C(c2ccccc2)=C(N(CC)c2ccccc2)C1=O. The summed E-state index contributed by atoms with van der Waals surface area (Å²) in [5.41, 5.74) is 2.78. The zero-order valence-electron chi connectivity index (χ0n) is 17.6. The molecule has 31 heavy (non-hydrogen) atoms. The third-order valence-electron chi connectivity index (χ3n) is 5.18. The van der Waals surface area contributed by atoms with E-state index >= 15 is 0 Å². The monoisotopic (exact) mass is 412 g/mol. The van der Waals surface area contributed by atoms with Crippen LogP contribution in [0.5, 0.6) is 5.75 Å². The zero-order valence-corrected chi connectivity index (χ0v) is 17.6. The molecule has 2 amide bonds. The van der Waals surface area contributed by atoms with Gasteiger partial charge < -0.3 is 9.64 Å². The van der Waals surface area contributed by atoms with E-state index in [0.29, 0.717) is 41.4 Å². The van der Waals surface area contributed by atoms with Crippen LogP contribution in [0.2, 0.25) is 0 Å². The summed E-state index contributed by atoms with van der Waals surface area (Å²) in [7, 11) is 0. The molecule has 4 rings (SSSR count). The predicted octanol–water partition coefficient (Wildman–Crippen LogP) is 4.90. The van der Waals surface area contributed by atoms with Gasteiger partial charge in [0.15, 0.2) is 0 Å². The second-order valence-electron chi connectivity index (χ2n) is 7.02. The fraction of sp³-hybridized carbons (Fsp3) is 0.154. The van der Waals surface area contributed by atoms with E-state index in [1.165, 1.54) is 4.90 Å². The number of ether oxygens (including phenoxy) is 1. The number of para-hydroxylation sites is 3. The number of imide groups is 1. The minimum Gasteiger partial charge on any atom is -0.492 e. The highest BCUT2D eigenvalue weighted by Crippen LogP contribution is 2.39. The minimum absolute atomic E-state index is 0.354. The van der Waals surface area contributed by atoms with E-state index < -0.39 is 0 Å². The van der Waals surface area contributed by atoms with E-state index in [2.05, 4.69) is 0 Å². The van der Waals surface area contributed by atoms with Crippen LogP contribution in [-0.4, -0.2) is 25.0 Å². The van der Waals surface area contributed by atoms with Crippen molar-refractivity contribution in [2.75, 3.05) is 23.0 Å². The van der Waals surface area contributed by atoms with E-state index in [0.717, 1.165) is 5.69 Å². The standard InChI is InChI=1S/C26H24N2O3/c1-3-27(20-15-9-6-10-16-20)24-23(19-13-7-5-8-14-19)25(29)28(26(24)30)21-17-11-12-18-22(21)31-4-2/h5-18H,3-4H2,1-2H3. The van der Waals surface area contributed by atoms with Crippen LogP contribution in [0.15, 0.2) is 90.6 Å². The first-order valence-corrected chi connectivity index (χ1v) is 10.4. The second kappa shape index (κ2) is 8.88. The molecule has 1 aliphatic rings. The first-order chi connectivity index (χ1) is 15.2. The van der Waals surface area contributed by atoms with Gasteiger partial charge in [0.05, 0.1) is 17.9 Å². The van der Waals surface area contributed by atoms with Gasteiger partial charge in [0.25, 0.3) is 11.8 Å². The van der Waals surface area contributed by atoms with Crippen LogP contribution in [0.25, 0.3) is 5.57 Å². The molecule has 0 aliphatic carbocycles. The second-order valence-corrected chi connectivity index (χ2v) is 7.02. The van der Waals surface area contributed by atoms with E-state index in [1.54, 1.807) is 18.2 Å². The Bertz CT molecular complexity index is 1120. The lowest BCUT2D eigenvalue weighted by Crippen LogP contribution is -2.35. The van der Waals surface area contributed by atoms with Gasteiger partial charge in [0.2, 0.25) is 0 Å². The lowest BCUT2D eigenvalue weighted by atomic mass is 10.0. The molecule has 0 N–H and O–H groups in total. The molecule has 3 aromatic carbocycles.